The van der Waals surface area contributed by atoms with E-state index in [2.05, 4.69) is 15.4 Å². The Bertz CT molecular complexity index is 858. The molecule has 1 aromatic heterocycles. The van der Waals surface area contributed by atoms with E-state index in [1.807, 2.05) is 25.1 Å². The van der Waals surface area contributed by atoms with Crippen molar-refractivity contribution in [2.24, 2.45) is 0 Å². The Labute approximate surface area is 156 Å². The first-order chi connectivity index (χ1) is 12.6. The topological polar surface area (TPSA) is 78.3 Å². The molecule has 26 heavy (non-hydrogen) atoms. The molecular weight excluding hydrogens is 356 g/mol. The summed E-state index contributed by atoms with van der Waals surface area (Å²) in [4.78, 5) is 17.1. The minimum Gasteiger partial charge on any atom is -0.459 e. The molecule has 4 rings (SSSR count). The van der Waals surface area contributed by atoms with E-state index in [0.29, 0.717) is 22.2 Å². The minimum absolute atomic E-state index is 0.0305. The van der Waals surface area contributed by atoms with E-state index in [1.165, 1.54) is 6.33 Å². The number of carbonyl (C=O) groups is 1. The zero-order chi connectivity index (χ0) is 18.1. The number of halogens is 1. The number of nitrogens with zero attached hydrogens (tertiary/aromatic N) is 3. The normalized spacial score (nSPS) is 22.1. The van der Waals surface area contributed by atoms with E-state index < -0.39 is 12.0 Å². The maximum Gasteiger partial charge on any atom is 0.338 e. The van der Waals surface area contributed by atoms with Gasteiger partial charge in [0.2, 0.25) is 5.95 Å². The number of carbonyl (C=O) groups excluding carboxylic acids is 1. The molecule has 1 fully saturated rings. The highest BCUT2D eigenvalue weighted by molar-refractivity contribution is 6.31. The molecule has 7 nitrogen and oxygen atoms in total. The summed E-state index contributed by atoms with van der Waals surface area (Å²) in [6, 6.07) is 6.90. The highest BCUT2D eigenvalue weighted by Crippen LogP contribution is 2.38. The summed E-state index contributed by atoms with van der Waals surface area (Å²) in [5.74, 6) is 0.152. The number of anilines is 1. The van der Waals surface area contributed by atoms with Crippen LogP contribution in [0, 0.1) is 0 Å². The molecule has 136 valence electrons. The Morgan fingerprint density at radius 1 is 1.46 bits per heavy atom. The number of esters is 1. The van der Waals surface area contributed by atoms with Crippen molar-refractivity contribution in [2.75, 3.05) is 18.5 Å². The van der Waals surface area contributed by atoms with Crippen LogP contribution >= 0.6 is 11.6 Å². The Morgan fingerprint density at radius 2 is 2.31 bits per heavy atom. The Balaban J connectivity index is 1.68. The lowest BCUT2D eigenvalue weighted by molar-refractivity contribution is -0.142. The summed E-state index contributed by atoms with van der Waals surface area (Å²) in [5, 5.41) is 7.94. The fourth-order valence-corrected chi connectivity index (χ4v) is 3.60. The van der Waals surface area contributed by atoms with E-state index in [-0.39, 0.29) is 12.7 Å². The zero-order valence-electron chi connectivity index (χ0n) is 14.3. The average molecular weight is 375 g/mol. The van der Waals surface area contributed by atoms with Crippen molar-refractivity contribution in [1.29, 1.82) is 0 Å². The molecule has 0 spiro atoms. The average Bonchev–Trinajstić information content (AvgIpc) is 3.30. The largest absolute Gasteiger partial charge is 0.459 e. The van der Waals surface area contributed by atoms with Crippen LogP contribution in [0.2, 0.25) is 5.02 Å². The van der Waals surface area contributed by atoms with Crippen molar-refractivity contribution in [3.05, 3.63) is 52.4 Å². The Hall–Kier alpha value is -2.38. The lowest BCUT2D eigenvalue weighted by Gasteiger charge is -2.28. The van der Waals surface area contributed by atoms with Crippen LogP contribution in [0.25, 0.3) is 0 Å². The van der Waals surface area contributed by atoms with E-state index in [9.17, 15) is 4.79 Å². The van der Waals surface area contributed by atoms with E-state index >= 15 is 0 Å². The second-order valence-corrected chi connectivity index (χ2v) is 6.76. The lowest BCUT2D eigenvalue weighted by Crippen LogP contribution is -2.31. The van der Waals surface area contributed by atoms with Gasteiger partial charge in [-0.1, -0.05) is 29.8 Å². The Kier molecular flexibility index (Phi) is 4.65. The summed E-state index contributed by atoms with van der Waals surface area (Å²) in [6.45, 7) is 2.79. The van der Waals surface area contributed by atoms with Gasteiger partial charge >= 0.3 is 5.97 Å². The van der Waals surface area contributed by atoms with Gasteiger partial charge in [0, 0.05) is 22.9 Å². The van der Waals surface area contributed by atoms with Crippen LogP contribution < -0.4 is 5.32 Å². The van der Waals surface area contributed by atoms with E-state index in [0.717, 1.165) is 25.0 Å². The van der Waals surface area contributed by atoms with Crippen molar-refractivity contribution in [2.45, 2.75) is 31.9 Å². The van der Waals surface area contributed by atoms with Crippen molar-refractivity contribution < 1.29 is 14.3 Å². The SMILES string of the molecule is CC1=C(C(=O)OC[C@@H]2CCCO2)[C@H](c2ccccc2Cl)n2ncnc2N1. The number of allylic oxidation sites excluding steroid dienone is 1. The molecule has 0 unspecified atom stereocenters. The van der Waals surface area contributed by atoms with Gasteiger partial charge in [-0.2, -0.15) is 10.1 Å². The first-order valence-corrected chi connectivity index (χ1v) is 8.93. The van der Waals surface area contributed by atoms with Gasteiger partial charge in [0.15, 0.2) is 0 Å². The van der Waals surface area contributed by atoms with Crippen LogP contribution in [0.1, 0.15) is 31.4 Å². The third kappa shape index (κ3) is 3.08. The first-order valence-electron chi connectivity index (χ1n) is 8.55. The molecule has 0 bridgehead atoms. The fourth-order valence-electron chi connectivity index (χ4n) is 3.36. The van der Waals surface area contributed by atoms with Gasteiger partial charge in [0.05, 0.1) is 11.7 Å². The molecule has 0 aliphatic carbocycles. The molecule has 2 atom stereocenters. The number of hydrogen-bond acceptors (Lipinski definition) is 6. The molecule has 2 aliphatic heterocycles. The summed E-state index contributed by atoms with van der Waals surface area (Å²) in [6.07, 6.45) is 3.32. The fraction of sp³-hybridized carbons (Fsp3) is 0.389. The summed E-state index contributed by atoms with van der Waals surface area (Å²) in [7, 11) is 0. The van der Waals surface area contributed by atoms with Crippen LogP contribution in [0.4, 0.5) is 5.95 Å². The number of nitrogens with one attached hydrogen (secondary N) is 1. The Morgan fingerprint density at radius 3 is 3.08 bits per heavy atom. The molecule has 1 aromatic carbocycles. The molecule has 0 radical (unpaired) electrons. The van der Waals surface area contributed by atoms with Gasteiger partial charge in [-0.25, -0.2) is 9.48 Å². The quantitative estimate of drug-likeness (QED) is 0.829. The molecular formula is C18H19ClN4O3. The summed E-state index contributed by atoms with van der Waals surface area (Å²) >= 11 is 6.41. The molecule has 0 saturated carbocycles. The van der Waals surface area contributed by atoms with Gasteiger partial charge in [-0.15, -0.1) is 0 Å². The van der Waals surface area contributed by atoms with Crippen LogP contribution in [-0.4, -0.2) is 40.1 Å². The standard InChI is InChI=1S/C18H19ClN4O3/c1-11-15(17(24)26-9-12-5-4-8-25-12)16(13-6-2-3-7-14(13)19)23-18(22-11)20-10-21-23/h2-3,6-7,10,12,16H,4-5,8-9H2,1H3,(H,20,21,22)/t12-,16-/m0/s1. The second-order valence-electron chi connectivity index (χ2n) is 6.35. The third-order valence-electron chi connectivity index (χ3n) is 4.64. The van der Waals surface area contributed by atoms with Crippen molar-refractivity contribution in [1.82, 2.24) is 14.8 Å². The summed E-state index contributed by atoms with van der Waals surface area (Å²) < 4.78 is 12.7. The number of hydrogen-bond donors (Lipinski definition) is 1. The number of aromatic nitrogens is 3. The van der Waals surface area contributed by atoms with Crippen LogP contribution in [0.3, 0.4) is 0 Å². The monoisotopic (exact) mass is 374 g/mol. The molecule has 1 N–H and O–H groups in total. The molecule has 2 aliphatic rings. The van der Waals surface area contributed by atoms with Crippen LogP contribution in [-0.2, 0) is 14.3 Å². The molecule has 2 aromatic rings. The van der Waals surface area contributed by atoms with Gasteiger partial charge in [0.25, 0.3) is 0 Å². The lowest BCUT2D eigenvalue weighted by atomic mass is 9.96. The van der Waals surface area contributed by atoms with Crippen LogP contribution in [0.5, 0.6) is 0 Å². The molecule has 0 amide bonds. The number of fused-ring (bicyclic) bond motifs is 1. The predicted molar refractivity (Wildman–Crippen MR) is 95.9 cm³/mol. The molecule has 3 heterocycles. The smallest absolute Gasteiger partial charge is 0.338 e. The zero-order valence-corrected chi connectivity index (χ0v) is 15.1. The predicted octanol–water partition coefficient (Wildman–Crippen LogP) is 2.94. The molecule has 8 heteroatoms. The number of benzene rings is 1. The maximum absolute atomic E-state index is 12.9. The van der Waals surface area contributed by atoms with Gasteiger partial charge in [0.1, 0.15) is 19.0 Å². The van der Waals surface area contributed by atoms with E-state index in [4.69, 9.17) is 21.1 Å². The maximum atomic E-state index is 12.9. The van der Waals surface area contributed by atoms with Gasteiger partial charge in [-0.05, 0) is 25.8 Å². The highest BCUT2D eigenvalue weighted by atomic mass is 35.5. The van der Waals surface area contributed by atoms with Gasteiger partial charge in [-0.3, -0.25) is 0 Å². The molecule has 1 saturated heterocycles. The van der Waals surface area contributed by atoms with Crippen LogP contribution in [0.15, 0.2) is 41.9 Å². The number of ether oxygens (including phenoxy) is 2. The third-order valence-corrected chi connectivity index (χ3v) is 4.98. The summed E-state index contributed by atoms with van der Waals surface area (Å²) in [5.41, 5.74) is 1.91. The minimum atomic E-state index is -0.501. The van der Waals surface area contributed by atoms with Crippen molar-refractivity contribution >= 4 is 23.5 Å². The van der Waals surface area contributed by atoms with Crippen molar-refractivity contribution in [3.63, 3.8) is 0 Å². The number of rotatable bonds is 4. The second kappa shape index (κ2) is 7.09. The van der Waals surface area contributed by atoms with Gasteiger partial charge < -0.3 is 14.8 Å². The van der Waals surface area contributed by atoms with E-state index in [1.54, 1.807) is 10.7 Å². The van der Waals surface area contributed by atoms with Crippen molar-refractivity contribution in [3.8, 4) is 0 Å². The highest BCUT2D eigenvalue weighted by Gasteiger charge is 2.35. The first kappa shape index (κ1) is 17.1.